The zero-order valence-corrected chi connectivity index (χ0v) is 8.17. The van der Waals surface area contributed by atoms with Gasteiger partial charge in [0.25, 0.3) is 0 Å². The summed E-state index contributed by atoms with van der Waals surface area (Å²) < 4.78 is 5.04. The highest BCUT2D eigenvalue weighted by Crippen LogP contribution is 2.15. The van der Waals surface area contributed by atoms with E-state index in [1.807, 2.05) is 12.1 Å². The first kappa shape index (κ1) is 8.01. The number of alkyl halides is 2. The molecule has 4 heteroatoms. The number of hydrogen-bond acceptors (Lipinski definition) is 2. The Morgan fingerprint density at radius 2 is 2.30 bits per heavy atom. The van der Waals surface area contributed by atoms with Gasteiger partial charge in [-0.3, -0.25) is 4.98 Å². The van der Waals surface area contributed by atoms with Crippen molar-refractivity contribution >= 4 is 31.9 Å². The minimum Gasteiger partial charge on any atom is -0.467 e. The SMILES string of the molecule is BrC(Br)Oc1cccnc1. The first-order valence-corrected chi connectivity index (χ1v) is 4.47. The van der Waals surface area contributed by atoms with Crippen LogP contribution in [-0.4, -0.2) is 8.91 Å². The summed E-state index contributed by atoms with van der Waals surface area (Å²) in [6.45, 7) is 0. The van der Waals surface area contributed by atoms with E-state index in [0.29, 0.717) is 0 Å². The molecule has 0 bridgehead atoms. The van der Waals surface area contributed by atoms with E-state index in [1.54, 1.807) is 12.4 Å². The van der Waals surface area contributed by atoms with Crippen molar-refractivity contribution in [3.63, 3.8) is 0 Å². The van der Waals surface area contributed by atoms with Gasteiger partial charge in [-0.15, -0.1) is 0 Å². The molecule has 0 aliphatic heterocycles. The van der Waals surface area contributed by atoms with Crippen LogP contribution in [0.15, 0.2) is 24.5 Å². The number of pyridine rings is 1. The van der Waals surface area contributed by atoms with Crippen molar-refractivity contribution in [2.24, 2.45) is 0 Å². The Morgan fingerprint density at radius 3 is 2.80 bits per heavy atom. The van der Waals surface area contributed by atoms with Crippen LogP contribution in [-0.2, 0) is 0 Å². The normalized spacial score (nSPS) is 9.90. The number of hydrogen-bond donors (Lipinski definition) is 0. The van der Waals surface area contributed by atoms with Crippen molar-refractivity contribution in [1.29, 1.82) is 0 Å². The average molecular weight is 267 g/mol. The van der Waals surface area contributed by atoms with Gasteiger partial charge in [0.1, 0.15) is 5.75 Å². The van der Waals surface area contributed by atoms with Gasteiger partial charge in [0.15, 0.2) is 0 Å². The van der Waals surface area contributed by atoms with Gasteiger partial charge >= 0.3 is 0 Å². The lowest BCUT2D eigenvalue weighted by atomic mass is 10.5. The molecule has 1 heterocycles. The molecule has 0 aliphatic rings. The summed E-state index contributed by atoms with van der Waals surface area (Å²) in [6, 6.07) is 3.65. The van der Waals surface area contributed by atoms with Gasteiger partial charge in [-0.25, -0.2) is 0 Å². The molecule has 1 rings (SSSR count). The molecule has 0 fully saturated rings. The van der Waals surface area contributed by atoms with E-state index >= 15 is 0 Å². The van der Waals surface area contributed by atoms with Crippen LogP contribution < -0.4 is 4.74 Å². The molecule has 2 nitrogen and oxygen atoms in total. The van der Waals surface area contributed by atoms with Gasteiger partial charge < -0.3 is 4.74 Å². The van der Waals surface area contributed by atoms with E-state index < -0.39 is 0 Å². The van der Waals surface area contributed by atoms with Crippen LogP contribution in [0.2, 0.25) is 0 Å². The molecular formula is C6H5Br2NO. The smallest absolute Gasteiger partial charge is 0.207 e. The summed E-state index contributed by atoms with van der Waals surface area (Å²) in [5, 5.41) is 0. The topological polar surface area (TPSA) is 22.1 Å². The lowest BCUT2D eigenvalue weighted by molar-refractivity contribution is 0.375. The van der Waals surface area contributed by atoms with Crippen molar-refractivity contribution in [3.8, 4) is 5.75 Å². The number of aromatic nitrogens is 1. The predicted octanol–water partition coefficient (Wildman–Crippen LogP) is 2.53. The number of halogens is 2. The second-order valence-corrected chi connectivity index (χ2v) is 4.46. The van der Waals surface area contributed by atoms with E-state index in [-0.39, 0.29) is 3.92 Å². The summed E-state index contributed by atoms with van der Waals surface area (Å²) in [6.07, 6.45) is 3.35. The van der Waals surface area contributed by atoms with Crippen LogP contribution in [0.3, 0.4) is 0 Å². The monoisotopic (exact) mass is 265 g/mol. The molecule has 10 heavy (non-hydrogen) atoms. The molecule has 1 aromatic heterocycles. The Hall–Kier alpha value is -0.0900. The fourth-order valence-electron chi connectivity index (χ4n) is 0.520. The standard InChI is InChI=1S/C6H5Br2NO/c7-6(8)10-5-2-1-3-9-4-5/h1-4,6H. The van der Waals surface area contributed by atoms with Crippen LogP contribution in [0, 0.1) is 0 Å². The quantitative estimate of drug-likeness (QED) is 0.768. The summed E-state index contributed by atoms with van der Waals surface area (Å²) in [5.41, 5.74) is 0. The molecule has 0 amide bonds. The maximum atomic E-state index is 5.18. The van der Waals surface area contributed by atoms with Crippen LogP contribution >= 0.6 is 31.9 Å². The first-order chi connectivity index (χ1) is 4.79. The van der Waals surface area contributed by atoms with Crippen LogP contribution in [0.5, 0.6) is 5.75 Å². The second-order valence-electron chi connectivity index (χ2n) is 1.57. The second kappa shape index (κ2) is 3.93. The van der Waals surface area contributed by atoms with E-state index in [1.165, 1.54) is 0 Å². The van der Waals surface area contributed by atoms with E-state index in [4.69, 9.17) is 4.74 Å². The summed E-state index contributed by atoms with van der Waals surface area (Å²) in [7, 11) is 0. The van der Waals surface area contributed by atoms with Gasteiger partial charge in [0, 0.05) is 6.20 Å². The maximum Gasteiger partial charge on any atom is 0.207 e. The molecule has 0 atom stereocenters. The zero-order valence-electron chi connectivity index (χ0n) is 5.00. The molecule has 0 aromatic carbocycles. The summed E-state index contributed by atoms with van der Waals surface area (Å²) in [4.78, 5) is 3.87. The van der Waals surface area contributed by atoms with Crippen molar-refractivity contribution in [1.82, 2.24) is 4.98 Å². The molecule has 0 spiro atoms. The van der Waals surface area contributed by atoms with Gasteiger partial charge in [-0.2, -0.15) is 0 Å². The average Bonchev–Trinajstić information content (AvgIpc) is 1.88. The van der Waals surface area contributed by atoms with E-state index in [0.717, 1.165) is 5.75 Å². The van der Waals surface area contributed by atoms with Crippen molar-refractivity contribution in [2.75, 3.05) is 0 Å². The summed E-state index contributed by atoms with van der Waals surface area (Å²) in [5.74, 6) is 0.737. The molecule has 1 aromatic rings. The molecule has 0 aliphatic carbocycles. The van der Waals surface area contributed by atoms with Crippen LogP contribution in [0.4, 0.5) is 0 Å². The minimum absolute atomic E-state index is 0.149. The van der Waals surface area contributed by atoms with Gasteiger partial charge in [-0.1, -0.05) is 0 Å². The lowest BCUT2D eigenvalue weighted by Crippen LogP contribution is -1.97. The number of nitrogens with zero attached hydrogens (tertiary/aromatic N) is 1. The Morgan fingerprint density at radius 1 is 1.50 bits per heavy atom. The Labute approximate surface area is 75.9 Å². The Balaban J connectivity index is 2.59. The maximum absolute atomic E-state index is 5.18. The third-order valence-electron chi connectivity index (χ3n) is 0.860. The van der Waals surface area contributed by atoms with E-state index in [2.05, 4.69) is 36.8 Å². The summed E-state index contributed by atoms with van der Waals surface area (Å²) >= 11 is 6.36. The van der Waals surface area contributed by atoms with Crippen LogP contribution in [0.25, 0.3) is 0 Å². The zero-order chi connectivity index (χ0) is 7.40. The minimum atomic E-state index is -0.149. The fourth-order valence-corrected chi connectivity index (χ4v) is 0.951. The Kier molecular flexibility index (Phi) is 3.15. The third kappa shape index (κ3) is 2.66. The van der Waals surface area contributed by atoms with Crippen molar-refractivity contribution in [2.45, 2.75) is 3.92 Å². The molecular weight excluding hydrogens is 262 g/mol. The largest absolute Gasteiger partial charge is 0.467 e. The molecule has 0 unspecified atom stereocenters. The highest BCUT2D eigenvalue weighted by molar-refractivity contribution is 9.24. The molecule has 0 saturated carbocycles. The van der Waals surface area contributed by atoms with Gasteiger partial charge in [-0.05, 0) is 44.0 Å². The highest BCUT2D eigenvalue weighted by atomic mass is 79.9. The lowest BCUT2D eigenvalue weighted by Gasteiger charge is -2.04. The van der Waals surface area contributed by atoms with Gasteiger partial charge in [0.2, 0.25) is 3.92 Å². The third-order valence-corrected chi connectivity index (χ3v) is 1.23. The first-order valence-electron chi connectivity index (χ1n) is 2.64. The molecule has 0 saturated heterocycles. The van der Waals surface area contributed by atoms with Crippen molar-refractivity contribution < 1.29 is 4.74 Å². The number of ether oxygens (including phenoxy) is 1. The highest BCUT2D eigenvalue weighted by Gasteiger charge is 1.97. The fraction of sp³-hybridized carbons (Fsp3) is 0.167. The van der Waals surface area contributed by atoms with Crippen molar-refractivity contribution in [3.05, 3.63) is 24.5 Å². The molecule has 0 N–H and O–H groups in total. The Bertz CT molecular complexity index is 190. The molecule has 54 valence electrons. The van der Waals surface area contributed by atoms with Gasteiger partial charge in [0.05, 0.1) is 6.20 Å². The van der Waals surface area contributed by atoms with Crippen LogP contribution in [0.1, 0.15) is 0 Å². The predicted molar refractivity (Wildman–Crippen MR) is 46.5 cm³/mol. The number of rotatable bonds is 2. The van der Waals surface area contributed by atoms with E-state index in [9.17, 15) is 0 Å². The molecule has 0 radical (unpaired) electrons.